The van der Waals surface area contributed by atoms with Crippen LogP contribution in [0.15, 0.2) is 11.2 Å². The largest absolute Gasteiger partial charge is 0.353 e. The highest BCUT2D eigenvalue weighted by Gasteiger charge is 2.10. The van der Waals surface area contributed by atoms with Gasteiger partial charge in [0.25, 0.3) is 0 Å². The van der Waals surface area contributed by atoms with Gasteiger partial charge in [-0.25, -0.2) is 15.8 Å². The van der Waals surface area contributed by atoms with E-state index in [2.05, 4.69) is 27.6 Å². The number of aromatic nitrogens is 1. The number of guanidine groups is 1. The molecule has 0 aliphatic rings. The van der Waals surface area contributed by atoms with Gasteiger partial charge in [-0.15, -0.1) is 11.3 Å². The third-order valence-corrected chi connectivity index (χ3v) is 3.47. The Bertz CT molecular complexity index is 372. The molecule has 1 aromatic heterocycles. The Hall–Kier alpha value is -1.14. The van der Waals surface area contributed by atoms with Crippen LogP contribution < -0.4 is 16.6 Å². The van der Waals surface area contributed by atoms with Crippen LogP contribution in [0.3, 0.4) is 0 Å². The summed E-state index contributed by atoms with van der Waals surface area (Å²) in [6, 6.07) is 0.303. The summed E-state index contributed by atoms with van der Waals surface area (Å²) in [7, 11) is 0. The van der Waals surface area contributed by atoms with E-state index in [0.717, 1.165) is 11.4 Å². The summed E-state index contributed by atoms with van der Waals surface area (Å²) in [6.45, 7) is 8.21. The molecule has 0 saturated carbocycles. The lowest BCUT2D eigenvalue weighted by Crippen LogP contribution is -2.44. The maximum absolute atomic E-state index is 5.42. The first-order valence-electron chi connectivity index (χ1n) is 5.82. The van der Waals surface area contributed by atoms with Gasteiger partial charge < -0.3 is 5.32 Å². The number of hydrogen-bond donors (Lipinski definition) is 3. The predicted molar refractivity (Wildman–Crippen MR) is 72.9 cm³/mol. The molecule has 0 aliphatic carbocycles. The van der Waals surface area contributed by atoms with Crippen LogP contribution >= 0.6 is 11.3 Å². The maximum Gasteiger partial charge on any atom is 0.206 e. The van der Waals surface area contributed by atoms with Gasteiger partial charge in [0.2, 0.25) is 5.96 Å². The number of rotatable bonds is 4. The van der Waals surface area contributed by atoms with Gasteiger partial charge in [-0.05, 0) is 27.2 Å². The van der Waals surface area contributed by atoms with E-state index in [9.17, 15) is 0 Å². The van der Waals surface area contributed by atoms with E-state index in [4.69, 9.17) is 5.84 Å². The lowest BCUT2D eigenvalue weighted by atomic mass is 10.4. The van der Waals surface area contributed by atoms with Gasteiger partial charge in [0, 0.05) is 17.1 Å². The van der Waals surface area contributed by atoms with Crippen LogP contribution in [0, 0.1) is 0 Å². The summed E-state index contributed by atoms with van der Waals surface area (Å²) in [5.74, 6) is 6.02. The molecule has 0 bridgehead atoms. The van der Waals surface area contributed by atoms with E-state index >= 15 is 0 Å². The average Bonchev–Trinajstić information content (AvgIpc) is 2.75. The first-order chi connectivity index (χ1) is 8.06. The second-order valence-corrected chi connectivity index (χ2v) is 5.26. The van der Waals surface area contributed by atoms with Gasteiger partial charge >= 0.3 is 0 Å². The number of nitrogens with two attached hydrogens (primary N) is 1. The van der Waals surface area contributed by atoms with Crippen LogP contribution in [-0.2, 0) is 6.42 Å². The monoisotopic (exact) mass is 255 g/mol. The minimum Gasteiger partial charge on any atom is -0.353 e. The number of hydrogen-bond acceptors (Lipinski definition) is 4. The summed E-state index contributed by atoms with van der Waals surface area (Å²) < 4.78 is 0. The number of thiazole rings is 1. The topological polar surface area (TPSA) is 75.3 Å². The minimum absolute atomic E-state index is 0.0117. The zero-order valence-corrected chi connectivity index (χ0v) is 11.6. The normalized spacial score (nSPS) is 13.9. The Labute approximate surface area is 107 Å². The van der Waals surface area contributed by atoms with Crippen molar-refractivity contribution >= 4 is 17.3 Å². The molecule has 1 unspecified atom stereocenters. The Morgan fingerprint density at radius 1 is 1.53 bits per heavy atom. The summed E-state index contributed by atoms with van der Waals surface area (Å²) in [6.07, 6.45) is 2.93. The molecule has 0 aromatic carbocycles. The molecular weight excluding hydrogens is 234 g/mol. The van der Waals surface area contributed by atoms with Gasteiger partial charge in [0.15, 0.2) is 0 Å². The van der Waals surface area contributed by atoms with E-state index in [1.165, 1.54) is 4.88 Å². The molecular formula is C11H21N5S. The highest BCUT2D eigenvalue weighted by atomic mass is 32.1. The highest BCUT2D eigenvalue weighted by Crippen LogP contribution is 2.22. The van der Waals surface area contributed by atoms with Crippen molar-refractivity contribution in [3.05, 3.63) is 16.1 Å². The number of hydrazine groups is 1. The number of aryl methyl sites for hydroxylation is 1. The average molecular weight is 255 g/mol. The Morgan fingerprint density at radius 2 is 2.24 bits per heavy atom. The molecule has 6 heteroatoms. The van der Waals surface area contributed by atoms with Gasteiger partial charge in [-0.1, -0.05) is 6.92 Å². The molecule has 0 saturated heterocycles. The van der Waals surface area contributed by atoms with Crippen molar-refractivity contribution in [1.82, 2.24) is 15.7 Å². The fourth-order valence-corrected chi connectivity index (χ4v) is 2.16. The van der Waals surface area contributed by atoms with E-state index < -0.39 is 0 Å². The molecule has 17 heavy (non-hydrogen) atoms. The fraction of sp³-hybridized carbons (Fsp3) is 0.636. The summed E-state index contributed by atoms with van der Waals surface area (Å²) in [5, 5.41) is 4.16. The quantitative estimate of drug-likeness (QED) is 0.330. The predicted octanol–water partition coefficient (Wildman–Crippen LogP) is 1.58. The van der Waals surface area contributed by atoms with Crippen LogP contribution in [0.5, 0.6) is 0 Å². The smallest absolute Gasteiger partial charge is 0.206 e. The summed E-state index contributed by atoms with van der Waals surface area (Å²) in [4.78, 5) is 10.1. The van der Waals surface area contributed by atoms with Crippen LogP contribution in [0.1, 0.15) is 43.6 Å². The van der Waals surface area contributed by atoms with E-state index in [0.29, 0.717) is 12.0 Å². The van der Waals surface area contributed by atoms with Crippen molar-refractivity contribution in [3.8, 4) is 0 Å². The van der Waals surface area contributed by atoms with Crippen molar-refractivity contribution in [3.63, 3.8) is 0 Å². The zero-order chi connectivity index (χ0) is 12.8. The Kier molecular flexibility index (Phi) is 5.37. The van der Waals surface area contributed by atoms with Gasteiger partial charge in [0.05, 0.1) is 0 Å². The second-order valence-electron chi connectivity index (χ2n) is 4.12. The molecule has 0 fully saturated rings. The lowest BCUT2D eigenvalue weighted by molar-refractivity contribution is 0.687. The molecule has 1 rings (SSSR count). The van der Waals surface area contributed by atoms with Crippen LogP contribution in [0.2, 0.25) is 0 Å². The van der Waals surface area contributed by atoms with Crippen LogP contribution in [0.25, 0.3) is 0 Å². The third kappa shape index (κ3) is 4.32. The van der Waals surface area contributed by atoms with Crippen LogP contribution in [-0.4, -0.2) is 17.0 Å². The summed E-state index contributed by atoms with van der Waals surface area (Å²) in [5.41, 5.74) is 2.57. The molecule has 0 radical (unpaired) electrons. The number of nitrogens with one attached hydrogen (secondary N) is 2. The van der Waals surface area contributed by atoms with Crippen LogP contribution in [0.4, 0.5) is 0 Å². The van der Waals surface area contributed by atoms with E-state index in [-0.39, 0.29) is 6.04 Å². The molecule has 0 aliphatic heterocycles. The molecule has 5 nitrogen and oxygen atoms in total. The SMILES string of the molecule is CCc1cnc(C(C)N=C(NN)NC(C)C)s1. The van der Waals surface area contributed by atoms with E-state index in [1.807, 2.05) is 27.0 Å². The third-order valence-electron chi connectivity index (χ3n) is 2.16. The second kappa shape index (κ2) is 6.56. The van der Waals surface area contributed by atoms with Crippen molar-refractivity contribution in [2.24, 2.45) is 10.8 Å². The number of aliphatic imine (C=N–C) groups is 1. The van der Waals surface area contributed by atoms with Gasteiger partial charge in [0.1, 0.15) is 11.0 Å². The van der Waals surface area contributed by atoms with Gasteiger partial charge in [-0.2, -0.15) is 0 Å². The molecule has 4 N–H and O–H groups in total. The van der Waals surface area contributed by atoms with E-state index in [1.54, 1.807) is 11.3 Å². The first-order valence-corrected chi connectivity index (χ1v) is 6.64. The molecule has 0 amide bonds. The van der Waals surface area contributed by atoms with Crippen molar-refractivity contribution in [2.45, 2.75) is 46.2 Å². The highest BCUT2D eigenvalue weighted by molar-refractivity contribution is 7.11. The molecule has 96 valence electrons. The van der Waals surface area contributed by atoms with Crippen molar-refractivity contribution in [2.75, 3.05) is 0 Å². The zero-order valence-electron chi connectivity index (χ0n) is 10.8. The first kappa shape index (κ1) is 13.9. The Morgan fingerprint density at radius 3 is 2.71 bits per heavy atom. The maximum atomic E-state index is 5.42. The molecule has 1 atom stereocenters. The standard InChI is InChI=1S/C11H21N5S/c1-5-9-6-13-10(17-9)8(4)15-11(16-12)14-7(2)3/h6-8H,5,12H2,1-4H3,(H2,14,15,16). The van der Waals surface area contributed by atoms with Gasteiger partial charge in [-0.3, -0.25) is 5.43 Å². The molecule has 0 spiro atoms. The number of nitrogens with zero attached hydrogens (tertiary/aromatic N) is 2. The summed E-state index contributed by atoms with van der Waals surface area (Å²) >= 11 is 1.70. The lowest BCUT2D eigenvalue weighted by Gasteiger charge is -2.13. The fourth-order valence-electron chi connectivity index (χ4n) is 1.32. The molecule has 1 aromatic rings. The van der Waals surface area contributed by atoms with Crippen molar-refractivity contribution in [1.29, 1.82) is 0 Å². The molecule has 1 heterocycles. The minimum atomic E-state index is 0.0117. The van der Waals surface area contributed by atoms with Crippen molar-refractivity contribution < 1.29 is 0 Å². The Balaban J connectivity index is 2.74.